The van der Waals surface area contributed by atoms with Crippen LogP contribution in [0.3, 0.4) is 0 Å². The number of carbonyl (C=O) groups is 1. The van der Waals surface area contributed by atoms with Crippen molar-refractivity contribution in [2.75, 3.05) is 0 Å². The minimum absolute atomic E-state index is 0.252. The Morgan fingerprint density at radius 3 is 2.67 bits per heavy atom. The fraction of sp³-hybridized carbons (Fsp3) is 0.375. The third-order valence-electron chi connectivity index (χ3n) is 1.48. The van der Waals surface area contributed by atoms with Crippen molar-refractivity contribution in [1.82, 2.24) is 0 Å². The average molecular weight is 122 g/mol. The van der Waals surface area contributed by atoms with Crippen LogP contribution in [0.25, 0.3) is 0 Å². The predicted molar refractivity (Wildman–Crippen MR) is 37.1 cm³/mol. The standard InChI is InChI=1S/C8H10O/c1-6(2)7-4-3-5-8(7)9/h4H,1,3,5H2,2H3. The van der Waals surface area contributed by atoms with Gasteiger partial charge in [0.05, 0.1) is 0 Å². The zero-order valence-electron chi connectivity index (χ0n) is 5.61. The van der Waals surface area contributed by atoms with Crippen LogP contribution >= 0.6 is 0 Å². The third kappa shape index (κ3) is 1.10. The molecule has 1 aliphatic rings. The van der Waals surface area contributed by atoms with Crippen LogP contribution in [-0.2, 0) is 4.79 Å². The summed E-state index contributed by atoms with van der Waals surface area (Å²) in [5.41, 5.74) is 1.74. The molecule has 0 aromatic rings. The molecule has 0 saturated carbocycles. The van der Waals surface area contributed by atoms with Crippen molar-refractivity contribution < 1.29 is 4.79 Å². The van der Waals surface area contributed by atoms with E-state index in [1.54, 1.807) is 0 Å². The third-order valence-corrected chi connectivity index (χ3v) is 1.48. The van der Waals surface area contributed by atoms with Crippen molar-refractivity contribution in [3.8, 4) is 0 Å². The van der Waals surface area contributed by atoms with Gasteiger partial charge in [0.15, 0.2) is 5.78 Å². The van der Waals surface area contributed by atoms with Gasteiger partial charge >= 0.3 is 0 Å². The summed E-state index contributed by atoms with van der Waals surface area (Å²) in [7, 11) is 0. The molecule has 1 heteroatoms. The fourth-order valence-corrected chi connectivity index (χ4v) is 1.01. The molecule has 0 saturated heterocycles. The molecular weight excluding hydrogens is 112 g/mol. The molecule has 0 fully saturated rings. The van der Waals surface area contributed by atoms with E-state index in [1.807, 2.05) is 13.0 Å². The lowest BCUT2D eigenvalue weighted by atomic mass is 10.1. The van der Waals surface area contributed by atoms with Crippen LogP contribution in [0.15, 0.2) is 23.8 Å². The second kappa shape index (κ2) is 2.18. The Bertz CT molecular complexity index is 187. The topological polar surface area (TPSA) is 17.1 Å². The molecule has 0 atom stereocenters. The molecule has 0 bridgehead atoms. The van der Waals surface area contributed by atoms with Gasteiger partial charge in [0.25, 0.3) is 0 Å². The number of ketones is 1. The molecule has 1 aliphatic carbocycles. The first-order chi connectivity index (χ1) is 4.22. The van der Waals surface area contributed by atoms with Crippen molar-refractivity contribution in [2.45, 2.75) is 19.8 Å². The number of allylic oxidation sites excluding steroid dienone is 3. The molecule has 0 N–H and O–H groups in total. The maximum Gasteiger partial charge on any atom is 0.163 e. The zero-order valence-corrected chi connectivity index (χ0v) is 5.61. The molecule has 0 aliphatic heterocycles. The van der Waals surface area contributed by atoms with Gasteiger partial charge < -0.3 is 0 Å². The van der Waals surface area contributed by atoms with Gasteiger partial charge in [0.2, 0.25) is 0 Å². The SMILES string of the molecule is C=C(C)C1=CCCC1=O. The lowest BCUT2D eigenvalue weighted by Crippen LogP contribution is -1.94. The van der Waals surface area contributed by atoms with Crippen molar-refractivity contribution in [3.05, 3.63) is 23.8 Å². The summed E-state index contributed by atoms with van der Waals surface area (Å²) in [5, 5.41) is 0. The van der Waals surface area contributed by atoms with Crippen LogP contribution in [0.4, 0.5) is 0 Å². The maximum atomic E-state index is 10.9. The maximum absolute atomic E-state index is 10.9. The summed E-state index contributed by atoms with van der Waals surface area (Å²) >= 11 is 0. The van der Waals surface area contributed by atoms with E-state index in [2.05, 4.69) is 6.58 Å². The van der Waals surface area contributed by atoms with Gasteiger partial charge in [-0.25, -0.2) is 0 Å². The van der Waals surface area contributed by atoms with E-state index in [4.69, 9.17) is 0 Å². The number of hydrogen-bond donors (Lipinski definition) is 0. The Labute approximate surface area is 55.1 Å². The smallest absolute Gasteiger partial charge is 0.163 e. The van der Waals surface area contributed by atoms with Gasteiger partial charge in [-0.05, 0) is 18.9 Å². The van der Waals surface area contributed by atoms with Crippen molar-refractivity contribution >= 4 is 5.78 Å². The van der Waals surface area contributed by atoms with Gasteiger partial charge in [0, 0.05) is 12.0 Å². The quantitative estimate of drug-likeness (QED) is 0.518. The molecule has 9 heavy (non-hydrogen) atoms. The molecule has 1 rings (SSSR count). The van der Waals surface area contributed by atoms with Crippen molar-refractivity contribution in [2.24, 2.45) is 0 Å². The first-order valence-corrected chi connectivity index (χ1v) is 3.11. The van der Waals surface area contributed by atoms with Crippen LogP contribution in [-0.4, -0.2) is 5.78 Å². The second-order valence-electron chi connectivity index (χ2n) is 2.36. The van der Waals surface area contributed by atoms with E-state index in [0.717, 1.165) is 17.6 Å². The van der Waals surface area contributed by atoms with Gasteiger partial charge in [-0.15, -0.1) is 0 Å². The Balaban J connectivity index is 2.80. The van der Waals surface area contributed by atoms with Gasteiger partial charge in [-0.2, -0.15) is 0 Å². The lowest BCUT2D eigenvalue weighted by molar-refractivity contribution is -0.114. The molecule has 0 unspecified atom stereocenters. The highest BCUT2D eigenvalue weighted by molar-refractivity contribution is 6.01. The Hall–Kier alpha value is -0.850. The fourth-order valence-electron chi connectivity index (χ4n) is 1.01. The van der Waals surface area contributed by atoms with Crippen molar-refractivity contribution in [3.63, 3.8) is 0 Å². The predicted octanol–water partition coefficient (Wildman–Crippen LogP) is 1.85. The Morgan fingerprint density at radius 2 is 2.44 bits per heavy atom. The van der Waals surface area contributed by atoms with Crippen LogP contribution in [0, 0.1) is 0 Å². The zero-order chi connectivity index (χ0) is 6.85. The summed E-state index contributed by atoms with van der Waals surface area (Å²) in [6, 6.07) is 0. The lowest BCUT2D eigenvalue weighted by Gasteiger charge is -1.94. The second-order valence-corrected chi connectivity index (χ2v) is 2.36. The molecular formula is C8H10O. The normalized spacial score (nSPS) is 17.9. The molecule has 0 aromatic carbocycles. The van der Waals surface area contributed by atoms with Gasteiger partial charge in [-0.1, -0.05) is 12.7 Å². The molecule has 0 amide bonds. The van der Waals surface area contributed by atoms with Crippen molar-refractivity contribution in [1.29, 1.82) is 0 Å². The Kier molecular flexibility index (Phi) is 1.52. The highest BCUT2D eigenvalue weighted by Gasteiger charge is 2.14. The van der Waals surface area contributed by atoms with E-state index in [0.29, 0.717) is 6.42 Å². The molecule has 0 spiro atoms. The van der Waals surface area contributed by atoms with Gasteiger partial charge in [-0.3, -0.25) is 4.79 Å². The monoisotopic (exact) mass is 122 g/mol. The van der Waals surface area contributed by atoms with E-state index in [-0.39, 0.29) is 5.78 Å². The van der Waals surface area contributed by atoms with Crippen LogP contribution < -0.4 is 0 Å². The molecule has 0 radical (unpaired) electrons. The molecule has 48 valence electrons. The first kappa shape index (κ1) is 6.27. The summed E-state index contributed by atoms with van der Waals surface area (Å²) in [4.78, 5) is 10.9. The summed E-state index contributed by atoms with van der Waals surface area (Å²) < 4.78 is 0. The van der Waals surface area contributed by atoms with E-state index < -0.39 is 0 Å². The summed E-state index contributed by atoms with van der Waals surface area (Å²) in [5.74, 6) is 0.252. The highest BCUT2D eigenvalue weighted by Crippen LogP contribution is 2.19. The van der Waals surface area contributed by atoms with Crippen LogP contribution in [0.5, 0.6) is 0 Å². The van der Waals surface area contributed by atoms with Crippen LogP contribution in [0.2, 0.25) is 0 Å². The number of hydrogen-bond acceptors (Lipinski definition) is 1. The summed E-state index contributed by atoms with van der Waals surface area (Å²) in [6.07, 6.45) is 3.55. The Morgan fingerprint density at radius 1 is 1.78 bits per heavy atom. The average Bonchev–Trinajstić information content (AvgIpc) is 2.13. The number of rotatable bonds is 1. The minimum Gasteiger partial charge on any atom is -0.294 e. The first-order valence-electron chi connectivity index (χ1n) is 3.11. The molecule has 1 nitrogen and oxygen atoms in total. The van der Waals surface area contributed by atoms with E-state index in [9.17, 15) is 4.79 Å². The number of Topliss-reactive ketones (excluding diaryl/α,β-unsaturated/α-hetero) is 1. The summed E-state index contributed by atoms with van der Waals surface area (Å²) in [6.45, 7) is 5.57. The highest BCUT2D eigenvalue weighted by atomic mass is 16.1. The molecule has 0 heterocycles. The van der Waals surface area contributed by atoms with Gasteiger partial charge in [0.1, 0.15) is 0 Å². The largest absolute Gasteiger partial charge is 0.294 e. The minimum atomic E-state index is 0.252. The van der Waals surface area contributed by atoms with E-state index >= 15 is 0 Å². The number of carbonyl (C=O) groups excluding carboxylic acids is 1. The molecule has 0 aromatic heterocycles. The van der Waals surface area contributed by atoms with E-state index in [1.165, 1.54) is 0 Å². The van der Waals surface area contributed by atoms with Crippen LogP contribution in [0.1, 0.15) is 19.8 Å².